The Bertz CT molecular complexity index is 24.3. The standard InChI is InChI=1S/C3H6NO2/c1-2-6-4-3-5-1/h2,4H,1,3H2. The minimum Gasteiger partial charge on any atom is -0.361 e. The number of ether oxygens (including phenoxy) is 1. The second-order valence-corrected chi connectivity index (χ2v) is 0.944. The number of hydroxylamine groups is 1. The zero-order valence-corrected chi connectivity index (χ0v) is 3.31. The average Bonchev–Trinajstić information content (AvgIpc) is 1.72. The highest BCUT2D eigenvalue weighted by molar-refractivity contribution is 4.46. The van der Waals surface area contributed by atoms with E-state index in [1.54, 1.807) is 6.61 Å². The van der Waals surface area contributed by atoms with Crippen molar-refractivity contribution in [1.29, 1.82) is 0 Å². The van der Waals surface area contributed by atoms with Crippen LogP contribution in [0.3, 0.4) is 0 Å². The predicted octanol–water partition coefficient (Wildman–Crippen LogP) is -0.343. The van der Waals surface area contributed by atoms with Gasteiger partial charge in [-0.2, -0.15) is 5.48 Å². The number of nitrogens with one attached hydrogen (secondary N) is 1. The van der Waals surface area contributed by atoms with Gasteiger partial charge in [-0.05, 0) is 0 Å². The summed E-state index contributed by atoms with van der Waals surface area (Å²) in [5.41, 5.74) is 2.51. The van der Waals surface area contributed by atoms with E-state index in [0.29, 0.717) is 13.3 Å². The third-order valence-corrected chi connectivity index (χ3v) is 0.514. The van der Waals surface area contributed by atoms with E-state index in [1.165, 1.54) is 0 Å². The minimum atomic E-state index is 0.497. The zero-order chi connectivity index (χ0) is 4.24. The van der Waals surface area contributed by atoms with Gasteiger partial charge in [-0.25, -0.2) is 0 Å². The largest absolute Gasteiger partial charge is 0.361 e. The van der Waals surface area contributed by atoms with Crippen LogP contribution in [0.25, 0.3) is 0 Å². The lowest BCUT2D eigenvalue weighted by atomic mass is 10.8. The van der Waals surface area contributed by atoms with Gasteiger partial charge < -0.3 is 4.74 Å². The highest BCUT2D eigenvalue weighted by atomic mass is 16.7. The molecule has 1 radical (unpaired) electrons. The van der Waals surface area contributed by atoms with Gasteiger partial charge >= 0.3 is 0 Å². The maximum absolute atomic E-state index is 4.78. The van der Waals surface area contributed by atoms with Crippen LogP contribution in [0.1, 0.15) is 0 Å². The average molecular weight is 88.1 g/mol. The van der Waals surface area contributed by atoms with Crippen LogP contribution in [0.15, 0.2) is 0 Å². The monoisotopic (exact) mass is 88.0 g/mol. The fraction of sp³-hybridized carbons (Fsp3) is 0.667. The van der Waals surface area contributed by atoms with Gasteiger partial charge in [-0.15, -0.1) is 0 Å². The summed E-state index contributed by atoms with van der Waals surface area (Å²) in [6.45, 7) is 2.65. The van der Waals surface area contributed by atoms with Crippen LogP contribution in [-0.2, 0) is 9.57 Å². The van der Waals surface area contributed by atoms with Crippen molar-refractivity contribution in [2.45, 2.75) is 0 Å². The van der Waals surface area contributed by atoms with Crippen LogP contribution in [-0.4, -0.2) is 13.3 Å². The van der Waals surface area contributed by atoms with E-state index >= 15 is 0 Å². The molecule has 0 aromatic rings. The van der Waals surface area contributed by atoms with E-state index in [1.807, 2.05) is 0 Å². The fourth-order valence-corrected chi connectivity index (χ4v) is 0.276. The normalized spacial score (nSPS) is 24.0. The SMILES string of the molecule is [CH]1COCNO1. The Morgan fingerprint density at radius 1 is 1.67 bits per heavy atom. The first-order chi connectivity index (χ1) is 3.00. The van der Waals surface area contributed by atoms with Gasteiger partial charge in [0, 0.05) is 0 Å². The first kappa shape index (κ1) is 4.05. The fourth-order valence-electron chi connectivity index (χ4n) is 0.276. The summed E-state index contributed by atoms with van der Waals surface area (Å²) in [6.07, 6.45) is 0. The van der Waals surface area contributed by atoms with Gasteiger partial charge in [0.15, 0.2) is 0 Å². The van der Waals surface area contributed by atoms with E-state index < -0.39 is 0 Å². The molecule has 0 amide bonds. The van der Waals surface area contributed by atoms with Crippen LogP contribution >= 0.6 is 0 Å². The molecule has 0 spiro atoms. The van der Waals surface area contributed by atoms with Gasteiger partial charge in [0.25, 0.3) is 0 Å². The molecule has 3 nitrogen and oxygen atoms in total. The van der Waals surface area contributed by atoms with Crippen LogP contribution < -0.4 is 5.48 Å². The van der Waals surface area contributed by atoms with Crippen LogP contribution in [0, 0.1) is 6.61 Å². The molecule has 1 rings (SSSR count). The molecule has 0 bridgehead atoms. The quantitative estimate of drug-likeness (QED) is 0.439. The molecule has 1 N–H and O–H groups in total. The Morgan fingerprint density at radius 2 is 2.67 bits per heavy atom. The lowest BCUT2D eigenvalue weighted by Gasteiger charge is -2.10. The molecule has 1 aliphatic heterocycles. The number of hydrogen-bond acceptors (Lipinski definition) is 3. The highest BCUT2D eigenvalue weighted by Crippen LogP contribution is 1.84. The van der Waals surface area contributed by atoms with Crippen LogP contribution in [0.5, 0.6) is 0 Å². The molecule has 0 aliphatic carbocycles. The molecule has 35 valence electrons. The molecular formula is C3H6NO2. The van der Waals surface area contributed by atoms with Crippen molar-refractivity contribution in [1.82, 2.24) is 5.48 Å². The van der Waals surface area contributed by atoms with Crippen molar-refractivity contribution >= 4 is 0 Å². The topological polar surface area (TPSA) is 30.5 Å². The van der Waals surface area contributed by atoms with Crippen molar-refractivity contribution < 1.29 is 9.57 Å². The third-order valence-electron chi connectivity index (χ3n) is 0.514. The zero-order valence-electron chi connectivity index (χ0n) is 3.31. The molecule has 0 atom stereocenters. The Balaban J connectivity index is 2.00. The van der Waals surface area contributed by atoms with Gasteiger partial charge in [0.1, 0.15) is 13.3 Å². The van der Waals surface area contributed by atoms with Gasteiger partial charge in [-0.3, -0.25) is 4.84 Å². The Morgan fingerprint density at radius 3 is 2.83 bits per heavy atom. The van der Waals surface area contributed by atoms with Crippen molar-refractivity contribution in [3.8, 4) is 0 Å². The summed E-state index contributed by atoms with van der Waals surface area (Å²) >= 11 is 0. The summed E-state index contributed by atoms with van der Waals surface area (Å²) in [5.74, 6) is 0. The minimum absolute atomic E-state index is 0.497. The van der Waals surface area contributed by atoms with Crippen molar-refractivity contribution in [3.05, 3.63) is 6.61 Å². The van der Waals surface area contributed by atoms with E-state index in [9.17, 15) is 0 Å². The van der Waals surface area contributed by atoms with E-state index in [4.69, 9.17) is 4.74 Å². The molecule has 0 aromatic heterocycles. The smallest absolute Gasteiger partial charge is 0.133 e. The van der Waals surface area contributed by atoms with E-state index in [-0.39, 0.29) is 0 Å². The molecule has 1 aliphatic rings. The third kappa shape index (κ3) is 0.931. The summed E-state index contributed by atoms with van der Waals surface area (Å²) in [4.78, 5) is 4.57. The predicted molar refractivity (Wildman–Crippen MR) is 19.3 cm³/mol. The van der Waals surface area contributed by atoms with Crippen LogP contribution in [0.4, 0.5) is 0 Å². The van der Waals surface area contributed by atoms with Crippen molar-refractivity contribution in [3.63, 3.8) is 0 Å². The summed E-state index contributed by atoms with van der Waals surface area (Å²) in [7, 11) is 0. The Hall–Kier alpha value is -0.120. The Labute approximate surface area is 36.2 Å². The summed E-state index contributed by atoms with van der Waals surface area (Å²) < 4.78 is 4.78. The Kier molecular flexibility index (Phi) is 1.43. The summed E-state index contributed by atoms with van der Waals surface area (Å²) in [5, 5.41) is 0. The number of hydrogen-bond donors (Lipinski definition) is 1. The maximum Gasteiger partial charge on any atom is 0.133 e. The van der Waals surface area contributed by atoms with E-state index in [2.05, 4.69) is 10.3 Å². The van der Waals surface area contributed by atoms with E-state index in [0.717, 1.165) is 0 Å². The molecular weight excluding hydrogens is 82.0 g/mol. The van der Waals surface area contributed by atoms with Gasteiger partial charge in [0.2, 0.25) is 0 Å². The molecule has 0 aromatic carbocycles. The van der Waals surface area contributed by atoms with Gasteiger partial charge in [-0.1, -0.05) is 0 Å². The highest BCUT2D eigenvalue weighted by Gasteiger charge is 1.94. The van der Waals surface area contributed by atoms with Gasteiger partial charge in [0.05, 0.1) is 6.61 Å². The summed E-state index contributed by atoms with van der Waals surface area (Å²) in [6, 6.07) is 0. The lowest BCUT2D eigenvalue weighted by Crippen LogP contribution is -2.24. The molecule has 1 saturated heterocycles. The first-order valence-corrected chi connectivity index (χ1v) is 1.78. The number of rotatable bonds is 0. The molecule has 0 unspecified atom stereocenters. The second kappa shape index (κ2) is 2.12. The molecule has 3 heteroatoms. The molecule has 0 saturated carbocycles. The molecule has 1 heterocycles. The van der Waals surface area contributed by atoms with Crippen molar-refractivity contribution in [2.24, 2.45) is 0 Å². The lowest BCUT2D eigenvalue weighted by molar-refractivity contribution is -0.0667. The maximum atomic E-state index is 4.78. The molecule has 1 fully saturated rings. The first-order valence-electron chi connectivity index (χ1n) is 1.78. The van der Waals surface area contributed by atoms with Crippen LogP contribution in [0.2, 0.25) is 0 Å². The molecule has 6 heavy (non-hydrogen) atoms. The second-order valence-electron chi connectivity index (χ2n) is 0.944. The van der Waals surface area contributed by atoms with Crippen molar-refractivity contribution in [2.75, 3.05) is 13.3 Å².